The summed E-state index contributed by atoms with van der Waals surface area (Å²) >= 11 is 0. The molecule has 0 radical (unpaired) electrons. The zero-order valence-corrected chi connectivity index (χ0v) is 3.97. The van der Waals surface area contributed by atoms with Crippen LogP contribution in [0.3, 0.4) is 0 Å². The summed E-state index contributed by atoms with van der Waals surface area (Å²) in [4.78, 5) is 18.5. The largest absolute Gasteiger partial charge is 0.790 e. The third-order valence-corrected chi connectivity index (χ3v) is 0.671. The maximum Gasteiger partial charge on any atom is 0.0592 e. The van der Waals surface area contributed by atoms with Crippen molar-refractivity contribution in [3.05, 3.63) is 0 Å². The van der Waals surface area contributed by atoms with Gasteiger partial charge < -0.3 is 18.9 Å². The molecule has 0 aromatic carbocycles. The third kappa shape index (κ3) is 4.11. The monoisotopic (exact) mass is 110 g/mol. The molecule has 4 nitrogen and oxygen atoms in total. The van der Waals surface area contributed by atoms with E-state index in [-0.39, 0.29) is 0 Å². The molecular formula is CH3O4P-2. The second-order valence-electron chi connectivity index (χ2n) is 0.630. The van der Waals surface area contributed by atoms with Crippen LogP contribution in [0.5, 0.6) is 0 Å². The summed E-state index contributed by atoms with van der Waals surface area (Å²) < 4.78 is 12.6. The van der Waals surface area contributed by atoms with Crippen LogP contribution in [-0.4, -0.2) is 7.11 Å². The van der Waals surface area contributed by atoms with E-state index in [0.717, 1.165) is 7.11 Å². The highest BCUT2D eigenvalue weighted by Crippen LogP contribution is 2.21. The molecule has 0 rings (SSSR count). The summed E-state index contributed by atoms with van der Waals surface area (Å²) in [6.07, 6.45) is 0. The van der Waals surface area contributed by atoms with E-state index in [4.69, 9.17) is 0 Å². The van der Waals surface area contributed by atoms with Gasteiger partial charge in [0.15, 0.2) is 0 Å². The van der Waals surface area contributed by atoms with Gasteiger partial charge in [-0.15, -0.1) is 0 Å². The molecule has 6 heavy (non-hydrogen) atoms. The van der Waals surface area contributed by atoms with Crippen LogP contribution in [-0.2, 0) is 9.09 Å². The van der Waals surface area contributed by atoms with Crippen LogP contribution in [0.1, 0.15) is 0 Å². The molecule has 0 amide bonds. The van der Waals surface area contributed by atoms with Crippen LogP contribution in [0, 0.1) is 0 Å². The van der Waals surface area contributed by atoms with E-state index >= 15 is 0 Å². The van der Waals surface area contributed by atoms with E-state index < -0.39 is 7.82 Å². The number of hydrogen-bond acceptors (Lipinski definition) is 4. The minimum absolute atomic E-state index is 0.820. The Balaban J connectivity index is 3.48. The Morgan fingerprint density at radius 2 is 1.83 bits per heavy atom. The second-order valence-corrected chi connectivity index (χ2v) is 1.89. The van der Waals surface area contributed by atoms with Crippen molar-refractivity contribution in [1.29, 1.82) is 0 Å². The van der Waals surface area contributed by atoms with Crippen molar-refractivity contribution in [1.82, 2.24) is 0 Å². The highest BCUT2D eigenvalue weighted by Gasteiger charge is 1.75. The van der Waals surface area contributed by atoms with Crippen molar-refractivity contribution in [2.45, 2.75) is 0 Å². The first kappa shape index (κ1) is 6.11. The van der Waals surface area contributed by atoms with Crippen LogP contribution >= 0.6 is 7.82 Å². The lowest BCUT2D eigenvalue weighted by atomic mass is 11.8. The fourth-order valence-electron chi connectivity index (χ4n) is 0. The molecule has 0 aliphatic carbocycles. The highest BCUT2D eigenvalue weighted by molar-refractivity contribution is 7.43. The van der Waals surface area contributed by atoms with Crippen molar-refractivity contribution < 1.29 is 18.9 Å². The molecule has 0 atom stereocenters. The van der Waals surface area contributed by atoms with Crippen molar-refractivity contribution in [2.24, 2.45) is 0 Å². The van der Waals surface area contributed by atoms with Crippen molar-refractivity contribution in [3.8, 4) is 0 Å². The number of rotatable bonds is 1. The van der Waals surface area contributed by atoms with Gasteiger partial charge in [-0.05, 0) is 0 Å². The van der Waals surface area contributed by atoms with Gasteiger partial charge in [-0.2, -0.15) is 0 Å². The summed E-state index contributed by atoms with van der Waals surface area (Å²) in [5.41, 5.74) is 0. The molecule has 0 saturated carbocycles. The number of phosphoric ester groups is 1. The zero-order valence-electron chi connectivity index (χ0n) is 3.08. The zero-order chi connectivity index (χ0) is 5.21. The Bertz CT molecular complexity index is 71.6. The quantitative estimate of drug-likeness (QED) is 0.383. The summed E-state index contributed by atoms with van der Waals surface area (Å²) in [5, 5.41) is 0. The highest BCUT2D eigenvalue weighted by atomic mass is 31.2. The van der Waals surface area contributed by atoms with Gasteiger partial charge in [0.1, 0.15) is 0 Å². The molecule has 5 heteroatoms. The smallest absolute Gasteiger partial charge is 0.0592 e. The lowest BCUT2D eigenvalue weighted by molar-refractivity contribution is -0.339. The Morgan fingerprint density at radius 3 is 1.83 bits per heavy atom. The minimum Gasteiger partial charge on any atom is -0.790 e. The molecule has 0 aromatic heterocycles. The standard InChI is InChI=1S/CH5O4P/c1-5-6(2,3)4/h1H3,(H2,2,3,4)/p-2. The fourth-order valence-corrected chi connectivity index (χ4v) is 0. The molecule has 0 bridgehead atoms. The van der Waals surface area contributed by atoms with Crippen LogP contribution in [0.2, 0.25) is 0 Å². The molecule has 0 saturated heterocycles. The molecule has 38 valence electrons. The fraction of sp³-hybridized carbons (Fsp3) is 1.00. The van der Waals surface area contributed by atoms with Gasteiger partial charge in [-0.3, -0.25) is 0 Å². The Morgan fingerprint density at radius 1 is 1.67 bits per heavy atom. The van der Waals surface area contributed by atoms with Gasteiger partial charge >= 0.3 is 0 Å². The maximum atomic E-state index is 9.25. The SMILES string of the molecule is COP(=O)([O-])[O-]. The molecule has 0 unspecified atom stereocenters. The lowest BCUT2D eigenvalue weighted by Gasteiger charge is -2.25. The molecule has 0 fully saturated rings. The van der Waals surface area contributed by atoms with Crippen molar-refractivity contribution in [3.63, 3.8) is 0 Å². The number of phosphoric acid groups is 1. The topological polar surface area (TPSA) is 72.4 Å². The molecule has 0 heterocycles. The number of hydrogen-bond donors (Lipinski definition) is 0. The van der Waals surface area contributed by atoms with Crippen LogP contribution < -0.4 is 9.79 Å². The van der Waals surface area contributed by atoms with Crippen LogP contribution in [0.15, 0.2) is 0 Å². The second kappa shape index (κ2) is 1.71. The van der Waals surface area contributed by atoms with E-state index in [2.05, 4.69) is 4.52 Å². The van der Waals surface area contributed by atoms with E-state index in [9.17, 15) is 14.4 Å². The summed E-state index contributed by atoms with van der Waals surface area (Å²) in [7, 11) is -3.83. The van der Waals surface area contributed by atoms with Crippen LogP contribution in [0.25, 0.3) is 0 Å². The third-order valence-electron chi connectivity index (χ3n) is 0.224. The summed E-state index contributed by atoms with van der Waals surface area (Å²) in [6, 6.07) is 0. The molecular weight excluding hydrogens is 107 g/mol. The van der Waals surface area contributed by atoms with Gasteiger partial charge in [0, 0.05) is 7.11 Å². The van der Waals surface area contributed by atoms with Gasteiger partial charge in [0.05, 0.1) is 7.82 Å². The van der Waals surface area contributed by atoms with E-state index in [1.807, 2.05) is 0 Å². The Labute approximate surface area is 35.0 Å². The first-order valence-electron chi connectivity index (χ1n) is 1.14. The molecule has 0 aliphatic rings. The van der Waals surface area contributed by atoms with E-state index in [1.165, 1.54) is 0 Å². The van der Waals surface area contributed by atoms with Crippen molar-refractivity contribution in [2.75, 3.05) is 7.11 Å². The van der Waals surface area contributed by atoms with Gasteiger partial charge in [0.25, 0.3) is 0 Å². The summed E-state index contributed by atoms with van der Waals surface area (Å²) in [6.45, 7) is 0. The predicted molar refractivity (Wildman–Crippen MR) is 14.6 cm³/mol. The normalized spacial score (nSPS) is 11.8. The van der Waals surface area contributed by atoms with Crippen molar-refractivity contribution >= 4 is 7.82 Å². The Hall–Kier alpha value is 0.110. The minimum atomic E-state index is -4.65. The molecule has 0 aliphatic heterocycles. The van der Waals surface area contributed by atoms with E-state index in [1.54, 1.807) is 0 Å². The molecule has 0 spiro atoms. The average Bonchev–Trinajstić information content (AvgIpc) is 1.35. The van der Waals surface area contributed by atoms with E-state index in [0.29, 0.717) is 0 Å². The predicted octanol–water partition coefficient (Wildman–Crippen LogP) is -1.54. The first-order chi connectivity index (χ1) is 2.56. The van der Waals surface area contributed by atoms with Crippen LogP contribution in [0.4, 0.5) is 0 Å². The molecule has 0 N–H and O–H groups in total. The van der Waals surface area contributed by atoms with Gasteiger partial charge in [-0.25, -0.2) is 0 Å². The Kier molecular flexibility index (Phi) is 1.74. The first-order valence-corrected chi connectivity index (χ1v) is 2.60. The molecule has 0 aromatic rings. The van der Waals surface area contributed by atoms with Gasteiger partial charge in [-0.1, -0.05) is 0 Å². The lowest BCUT2D eigenvalue weighted by Crippen LogP contribution is -2.14. The maximum absolute atomic E-state index is 9.25. The van der Waals surface area contributed by atoms with Gasteiger partial charge in [0.2, 0.25) is 0 Å². The summed E-state index contributed by atoms with van der Waals surface area (Å²) in [5.74, 6) is 0. The average molecular weight is 110 g/mol.